The summed E-state index contributed by atoms with van der Waals surface area (Å²) < 4.78 is 0. The second-order valence-corrected chi connectivity index (χ2v) is 6.00. The Bertz CT molecular complexity index is 575. The van der Waals surface area contributed by atoms with Gasteiger partial charge in [-0.25, -0.2) is 0 Å². The summed E-state index contributed by atoms with van der Waals surface area (Å²) in [4.78, 5) is 2.31. The van der Waals surface area contributed by atoms with Gasteiger partial charge in [0.05, 0.1) is 0 Å². The lowest BCUT2D eigenvalue weighted by Gasteiger charge is -2.22. The van der Waals surface area contributed by atoms with E-state index < -0.39 is 0 Å². The van der Waals surface area contributed by atoms with E-state index in [1.165, 1.54) is 22.4 Å². The van der Waals surface area contributed by atoms with E-state index in [9.17, 15) is 0 Å². The fourth-order valence-corrected chi connectivity index (χ4v) is 2.41. The first-order chi connectivity index (χ1) is 10.1. The fourth-order valence-electron chi connectivity index (χ4n) is 2.41. The average Bonchev–Trinajstić information content (AvgIpc) is 2.46. The molecule has 1 N–H and O–H groups in total. The summed E-state index contributed by atoms with van der Waals surface area (Å²) in [5.74, 6) is 0. The van der Waals surface area contributed by atoms with Crippen LogP contribution in [0.3, 0.4) is 0 Å². The monoisotopic (exact) mass is 282 g/mol. The number of aryl methyl sites for hydroxylation is 1. The third-order valence-electron chi connectivity index (χ3n) is 3.67. The van der Waals surface area contributed by atoms with E-state index >= 15 is 0 Å². The minimum atomic E-state index is 0.507. The normalized spacial score (nSPS) is 10.9. The van der Waals surface area contributed by atoms with Crippen LogP contribution in [0.25, 0.3) is 0 Å². The van der Waals surface area contributed by atoms with Crippen LogP contribution < -0.4 is 10.2 Å². The summed E-state index contributed by atoms with van der Waals surface area (Å²) in [6, 6.07) is 17.8. The van der Waals surface area contributed by atoms with Gasteiger partial charge in [0, 0.05) is 31.9 Å². The van der Waals surface area contributed by atoms with Crippen molar-refractivity contribution in [3.8, 4) is 0 Å². The maximum Gasteiger partial charge on any atom is 0.0429 e. The number of benzene rings is 2. The molecular formula is C19H26N2. The van der Waals surface area contributed by atoms with Crippen molar-refractivity contribution in [1.29, 1.82) is 0 Å². The SMILES string of the molecule is Cc1cccc(N(C)Cc2ccccc2CNC(C)C)c1. The van der Waals surface area contributed by atoms with Crippen LogP contribution in [0.2, 0.25) is 0 Å². The molecule has 0 aliphatic heterocycles. The molecule has 0 aliphatic carbocycles. The molecule has 0 saturated carbocycles. The molecule has 0 aromatic heterocycles. The van der Waals surface area contributed by atoms with E-state index in [0.717, 1.165) is 13.1 Å². The molecule has 0 bridgehead atoms. The highest BCUT2D eigenvalue weighted by Crippen LogP contribution is 2.18. The van der Waals surface area contributed by atoms with Crippen molar-refractivity contribution in [3.63, 3.8) is 0 Å². The molecule has 2 nitrogen and oxygen atoms in total. The highest BCUT2D eigenvalue weighted by Gasteiger charge is 2.07. The van der Waals surface area contributed by atoms with E-state index in [4.69, 9.17) is 0 Å². The van der Waals surface area contributed by atoms with Crippen LogP contribution in [-0.4, -0.2) is 13.1 Å². The maximum absolute atomic E-state index is 3.51. The Labute approximate surface area is 128 Å². The molecule has 0 radical (unpaired) electrons. The standard InChI is InChI=1S/C19H26N2/c1-15(2)20-13-17-9-5-6-10-18(17)14-21(4)19-11-7-8-16(3)12-19/h5-12,15,20H,13-14H2,1-4H3. The molecule has 2 aromatic carbocycles. The van der Waals surface area contributed by atoms with Crippen molar-refractivity contribution in [2.75, 3.05) is 11.9 Å². The van der Waals surface area contributed by atoms with Crippen LogP contribution in [0.4, 0.5) is 5.69 Å². The molecule has 0 aliphatic rings. The number of nitrogens with one attached hydrogen (secondary N) is 1. The second-order valence-electron chi connectivity index (χ2n) is 6.00. The third kappa shape index (κ3) is 4.61. The van der Waals surface area contributed by atoms with Gasteiger partial charge >= 0.3 is 0 Å². The zero-order valence-corrected chi connectivity index (χ0v) is 13.6. The molecule has 0 fully saturated rings. The molecule has 0 saturated heterocycles. The molecule has 0 unspecified atom stereocenters. The highest BCUT2D eigenvalue weighted by atomic mass is 15.1. The number of hydrogen-bond donors (Lipinski definition) is 1. The third-order valence-corrected chi connectivity index (χ3v) is 3.67. The Hall–Kier alpha value is -1.80. The first-order valence-electron chi connectivity index (χ1n) is 7.64. The summed E-state index contributed by atoms with van der Waals surface area (Å²) >= 11 is 0. The lowest BCUT2D eigenvalue weighted by atomic mass is 10.1. The van der Waals surface area contributed by atoms with Crippen molar-refractivity contribution in [1.82, 2.24) is 5.32 Å². The number of nitrogens with zero attached hydrogens (tertiary/aromatic N) is 1. The Morgan fingerprint density at radius 1 is 1.00 bits per heavy atom. The first-order valence-corrected chi connectivity index (χ1v) is 7.64. The summed E-state index contributed by atoms with van der Waals surface area (Å²) in [6.45, 7) is 8.36. The Kier molecular flexibility index (Phi) is 5.40. The van der Waals surface area contributed by atoms with Gasteiger partial charge in [-0.3, -0.25) is 0 Å². The predicted octanol–water partition coefficient (Wildman–Crippen LogP) is 4.13. The van der Waals surface area contributed by atoms with Gasteiger partial charge in [-0.1, -0.05) is 50.2 Å². The second kappa shape index (κ2) is 7.28. The van der Waals surface area contributed by atoms with E-state index in [-0.39, 0.29) is 0 Å². The molecule has 2 aromatic rings. The Morgan fingerprint density at radius 2 is 1.71 bits per heavy atom. The van der Waals surface area contributed by atoms with Gasteiger partial charge < -0.3 is 10.2 Å². The molecule has 2 rings (SSSR count). The maximum atomic E-state index is 3.51. The van der Waals surface area contributed by atoms with Crippen molar-refractivity contribution in [2.45, 2.75) is 39.9 Å². The van der Waals surface area contributed by atoms with Crippen LogP contribution in [0.5, 0.6) is 0 Å². The van der Waals surface area contributed by atoms with Gasteiger partial charge in [-0.2, -0.15) is 0 Å². The van der Waals surface area contributed by atoms with E-state index in [1.54, 1.807) is 0 Å². The highest BCUT2D eigenvalue weighted by molar-refractivity contribution is 5.48. The zero-order chi connectivity index (χ0) is 15.2. The number of hydrogen-bond acceptors (Lipinski definition) is 2. The lowest BCUT2D eigenvalue weighted by Crippen LogP contribution is -2.24. The van der Waals surface area contributed by atoms with E-state index in [2.05, 4.69) is 86.6 Å². The average molecular weight is 282 g/mol. The van der Waals surface area contributed by atoms with E-state index in [1.807, 2.05) is 0 Å². The van der Waals surface area contributed by atoms with Crippen LogP contribution in [0.15, 0.2) is 48.5 Å². The molecule has 112 valence electrons. The Morgan fingerprint density at radius 3 is 2.38 bits per heavy atom. The van der Waals surface area contributed by atoms with E-state index in [0.29, 0.717) is 6.04 Å². The largest absolute Gasteiger partial charge is 0.370 e. The van der Waals surface area contributed by atoms with Crippen LogP contribution >= 0.6 is 0 Å². The first kappa shape index (κ1) is 15.6. The van der Waals surface area contributed by atoms with Crippen molar-refractivity contribution >= 4 is 5.69 Å². The Balaban J connectivity index is 2.11. The van der Waals surface area contributed by atoms with Crippen molar-refractivity contribution < 1.29 is 0 Å². The van der Waals surface area contributed by atoms with Crippen molar-refractivity contribution in [3.05, 3.63) is 65.2 Å². The molecule has 2 heteroatoms. The molecule has 0 atom stereocenters. The summed E-state index contributed by atoms with van der Waals surface area (Å²) in [5.41, 5.74) is 5.33. The van der Waals surface area contributed by atoms with Gasteiger partial charge in [-0.15, -0.1) is 0 Å². The molecule has 0 heterocycles. The quantitative estimate of drug-likeness (QED) is 0.857. The van der Waals surface area contributed by atoms with Gasteiger partial charge in [0.15, 0.2) is 0 Å². The van der Waals surface area contributed by atoms with Gasteiger partial charge in [0.1, 0.15) is 0 Å². The summed E-state index contributed by atoms with van der Waals surface area (Å²) in [5, 5.41) is 3.51. The van der Waals surface area contributed by atoms with Gasteiger partial charge in [0.25, 0.3) is 0 Å². The predicted molar refractivity (Wildman–Crippen MR) is 91.7 cm³/mol. The molecule has 21 heavy (non-hydrogen) atoms. The minimum Gasteiger partial charge on any atom is -0.370 e. The van der Waals surface area contributed by atoms with Gasteiger partial charge in [-0.05, 0) is 35.7 Å². The van der Waals surface area contributed by atoms with Crippen LogP contribution in [0, 0.1) is 6.92 Å². The van der Waals surface area contributed by atoms with Gasteiger partial charge in [0.2, 0.25) is 0 Å². The summed E-state index contributed by atoms with van der Waals surface area (Å²) in [6.07, 6.45) is 0. The number of rotatable bonds is 6. The van der Waals surface area contributed by atoms with Crippen molar-refractivity contribution in [2.24, 2.45) is 0 Å². The molecule has 0 spiro atoms. The minimum absolute atomic E-state index is 0.507. The lowest BCUT2D eigenvalue weighted by molar-refractivity contribution is 0.586. The topological polar surface area (TPSA) is 15.3 Å². The van der Waals surface area contributed by atoms with Crippen LogP contribution in [-0.2, 0) is 13.1 Å². The van der Waals surface area contributed by atoms with Crippen LogP contribution in [0.1, 0.15) is 30.5 Å². The molecular weight excluding hydrogens is 256 g/mol. The smallest absolute Gasteiger partial charge is 0.0429 e. The fraction of sp³-hybridized carbons (Fsp3) is 0.368. The zero-order valence-electron chi connectivity index (χ0n) is 13.6. The molecule has 0 amide bonds. The number of anilines is 1. The summed E-state index contributed by atoms with van der Waals surface area (Å²) in [7, 11) is 2.15.